The molecular weight excluding hydrogens is 831 g/mol. The number of allylic oxidation sites excluding steroid dienone is 1. The minimum Gasteiger partial charge on any atom is -0.394 e. The van der Waals surface area contributed by atoms with E-state index in [2.05, 4.69) is 19.2 Å². The quantitative estimate of drug-likeness (QED) is 0.0420. The van der Waals surface area contributed by atoms with Gasteiger partial charge in [-0.15, -0.1) is 0 Å². The largest absolute Gasteiger partial charge is 0.394 e. The summed E-state index contributed by atoms with van der Waals surface area (Å²) in [6, 6.07) is -0.618. The Morgan fingerprint density at radius 2 is 0.544 bits per heavy atom. The fraction of sp³-hybridized carbons (Fsp3) is 0.953. The number of rotatable bonds is 60. The van der Waals surface area contributed by atoms with E-state index < -0.39 is 12.1 Å². The maximum atomic E-state index is 12.5. The summed E-state index contributed by atoms with van der Waals surface area (Å²) in [4.78, 5) is 12.5. The molecule has 0 radical (unpaired) electrons. The molecule has 3 N–H and O–H groups in total. The van der Waals surface area contributed by atoms with Crippen LogP contribution >= 0.6 is 0 Å². The second-order valence-electron chi connectivity index (χ2n) is 22.2. The molecule has 4 heteroatoms. The van der Waals surface area contributed by atoms with Gasteiger partial charge in [0.25, 0.3) is 0 Å². The van der Waals surface area contributed by atoms with Gasteiger partial charge in [0.1, 0.15) is 0 Å². The molecule has 0 bridgehead atoms. The van der Waals surface area contributed by atoms with E-state index in [1.165, 1.54) is 327 Å². The van der Waals surface area contributed by atoms with Crippen molar-refractivity contribution < 1.29 is 15.0 Å². The number of amides is 1. The van der Waals surface area contributed by atoms with E-state index in [-0.39, 0.29) is 12.5 Å². The molecule has 68 heavy (non-hydrogen) atoms. The molecule has 2 atom stereocenters. The van der Waals surface area contributed by atoms with E-state index in [0.29, 0.717) is 6.42 Å². The van der Waals surface area contributed by atoms with Gasteiger partial charge < -0.3 is 15.5 Å². The number of hydrogen-bond donors (Lipinski definition) is 3. The normalized spacial score (nSPS) is 12.7. The van der Waals surface area contributed by atoms with Crippen LogP contribution in [-0.2, 0) is 4.79 Å². The molecule has 0 heterocycles. The number of nitrogens with one attached hydrogen (secondary N) is 1. The molecule has 0 saturated carbocycles. The fourth-order valence-corrected chi connectivity index (χ4v) is 10.4. The van der Waals surface area contributed by atoms with Crippen LogP contribution in [-0.4, -0.2) is 34.9 Å². The highest BCUT2D eigenvalue weighted by Crippen LogP contribution is 2.19. The van der Waals surface area contributed by atoms with Crippen molar-refractivity contribution in [2.45, 2.75) is 386 Å². The Morgan fingerprint density at radius 3 is 0.765 bits per heavy atom. The van der Waals surface area contributed by atoms with Gasteiger partial charge in [0, 0.05) is 6.42 Å². The maximum absolute atomic E-state index is 12.5. The lowest BCUT2D eigenvalue weighted by Crippen LogP contribution is -2.45. The molecule has 0 aliphatic rings. The summed E-state index contributed by atoms with van der Waals surface area (Å²) in [5.74, 6) is -0.0547. The number of carbonyl (C=O) groups excluding carboxylic acids is 1. The Bertz CT molecular complexity index is 952. The average Bonchev–Trinajstić information content (AvgIpc) is 3.34. The molecule has 0 aliphatic heterocycles. The van der Waals surface area contributed by atoms with Crippen LogP contribution in [0.25, 0.3) is 0 Å². The lowest BCUT2D eigenvalue weighted by atomic mass is 10.0. The Labute approximate surface area is 428 Å². The molecule has 2 unspecified atom stereocenters. The summed E-state index contributed by atoms with van der Waals surface area (Å²) in [5.41, 5.74) is 0. The Morgan fingerprint density at radius 1 is 0.338 bits per heavy atom. The van der Waals surface area contributed by atoms with Crippen molar-refractivity contribution in [2.24, 2.45) is 0 Å². The van der Waals surface area contributed by atoms with Crippen molar-refractivity contribution in [1.29, 1.82) is 0 Å². The molecule has 0 spiro atoms. The van der Waals surface area contributed by atoms with Gasteiger partial charge in [0.05, 0.1) is 18.8 Å². The molecule has 0 aromatic heterocycles. The molecule has 0 aromatic carbocycles. The van der Waals surface area contributed by atoms with Crippen molar-refractivity contribution >= 4 is 5.91 Å². The average molecular weight is 959 g/mol. The zero-order valence-electron chi connectivity index (χ0n) is 46.9. The highest BCUT2D eigenvalue weighted by atomic mass is 16.3. The second-order valence-corrected chi connectivity index (χ2v) is 22.2. The van der Waals surface area contributed by atoms with Crippen LogP contribution < -0.4 is 5.32 Å². The summed E-state index contributed by atoms with van der Waals surface area (Å²) in [7, 11) is 0. The van der Waals surface area contributed by atoms with Gasteiger partial charge in [-0.3, -0.25) is 4.79 Å². The first-order chi connectivity index (χ1) is 33.7. The smallest absolute Gasteiger partial charge is 0.220 e. The third-order valence-corrected chi connectivity index (χ3v) is 15.3. The van der Waals surface area contributed by atoms with E-state index in [4.69, 9.17) is 0 Å². The van der Waals surface area contributed by atoms with Crippen LogP contribution in [0.4, 0.5) is 0 Å². The summed E-state index contributed by atoms with van der Waals surface area (Å²) < 4.78 is 0. The number of aliphatic hydroxyl groups excluding tert-OH is 2. The minimum atomic E-state index is -0.836. The highest BCUT2D eigenvalue weighted by Gasteiger charge is 2.18. The lowest BCUT2D eigenvalue weighted by molar-refractivity contribution is -0.123. The number of aliphatic hydroxyl groups is 2. The Hall–Kier alpha value is -0.870. The summed E-state index contributed by atoms with van der Waals surface area (Å²) >= 11 is 0. The third kappa shape index (κ3) is 56.0. The van der Waals surface area contributed by atoms with Gasteiger partial charge in [0.15, 0.2) is 0 Å². The van der Waals surface area contributed by atoms with E-state index in [1.54, 1.807) is 6.08 Å². The van der Waals surface area contributed by atoms with Crippen LogP contribution in [0.3, 0.4) is 0 Å². The van der Waals surface area contributed by atoms with Crippen LogP contribution in [0, 0.1) is 0 Å². The zero-order chi connectivity index (χ0) is 49.2. The van der Waals surface area contributed by atoms with Gasteiger partial charge in [0.2, 0.25) is 5.91 Å². The van der Waals surface area contributed by atoms with Gasteiger partial charge in [-0.25, -0.2) is 0 Å². The monoisotopic (exact) mass is 958 g/mol. The SMILES string of the molecule is CCCCCCCCCCCCCCCCCCC/C=C/C(O)C(CO)NC(=O)CCCCCCCCCCCCCCCCCCCCCCCCCCCCCCCCCCCCCCC. The molecule has 0 saturated heterocycles. The number of hydrogen-bond acceptors (Lipinski definition) is 3. The third-order valence-electron chi connectivity index (χ3n) is 15.3. The first-order valence-electron chi connectivity index (χ1n) is 31.9. The second kappa shape index (κ2) is 60.4. The van der Waals surface area contributed by atoms with E-state index in [1.807, 2.05) is 6.08 Å². The predicted molar refractivity (Wildman–Crippen MR) is 304 cm³/mol. The van der Waals surface area contributed by atoms with Crippen LogP contribution in [0.1, 0.15) is 373 Å². The van der Waals surface area contributed by atoms with Gasteiger partial charge in [-0.1, -0.05) is 360 Å². The van der Waals surface area contributed by atoms with Crippen LogP contribution in [0.5, 0.6) is 0 Å². The summed E-state index contributed by atoms with van der Waals surface area (Å²) in [6.45, 7) is 4.36. The fourth-order valence-electron chi connectivity index (χ4n) is 10.4. The number of carbonyl (C=O) groups is 1. The standard InChI is InChI=1S/C64H127NO3/c1-3-5-7-9-11-13-15-17-19-21-23-24-25-26-27-28-29-30-31-32-33-34-35-36-37-38-39-40-42-44-46-48-50-52-54-56-58-60-64(68)65-62(61-66)63(67)59-57-55-53-51-49-47-45-43-41-22-20-18-16-14-12-10-8-6-4-2/h57,59,62-63,66-67H,3-56,58,60-61H2,1-2H3,(H,65,68)/b59-57+. The van der Waals surface area contributed by atoms with Crippen molar-refractivity contribution in [3.05, 3.63) is 12.2 Å². The number of unbranched alkanes of at least 4 members (excludes halogenated alkanes) is 53. The minimum absolute atomic E-state index is 0.0547. The van der Waals surface area contributed by atoms with Gasteiger partial charge in [-0.2, -0.15) is 0 Å². The van der Waals surface area contributed by atoms with Crippen LogP contribution in [0.2, 0.25) is 0 Å². The van der Waals surface area contributed by atoms with Crippen molar-refractivity contribution in [2.75, 3.05) is 6.61 Å². The highest BCUT2D eigenvalue weighted by molar-refractivity contribution is 5.76. The molecule has 4 nitrogen and oxygen atoms in total. The van der Waals surface area contributed by atoms with Crippen LogP contribution in [0.15, 0.2) is 12.2 Å². The molecule has 0 aromatic rings. The molecule has 0 fully saturated rings. The van der Waals surface area contributed by atoms with Crippen molar-refractivity contribution in [3.8, 4) is 0 Å². The maximum Gasteiger partial charge on any atom is 0.220 e. The topological polar surface area (TPSA) is 69.6 Å². The predicted octanol–water partition coefficient (Wildman–Crippen LogP) is 21.3. The first kappa shape index (κ1) is 67.1. The summed E-state index contributed by atoms with van der Waals surface area (Å²) in [6.07, 6.45) is 79.9. The van der Waals surface area contributed by atoms with Gasteiger partial charge >= 0.3 is 0 Å². The van der Waals surface area contributed by atoms with Gasteiger partial charge in [-0.05, 0) is 19.3 Å². The lowest BCUT2D eigenvalue weighted by Gasteiger charge is -2.20. The molecule has 0 rings (SSSR count). The van der Waals surface area contributed by atoms with E-state index in [0.717, 1.165) is 25.7 Å². The molecule has 406 valence electrons. The van der Waals surface area contributed by atoms with Crippen molar-refractivity contribution in [1.82, 2.24) is 5.32 Å². The summed E-state index contributed by atoms with van der Waals surface area (Å²) in [5, 5.41) is 23.2. The zero-order valence-corrected chi connectivity index (χ0v) is 46.9. The molecule has 0 aliphatic carbocycles. The Balaban J connectivity index is 3.37. The van der Waals surface area contributed by atoms with E-state index in [9.17, 15) is 15.0 Å². The Kier molecular flexibility index (Phi) is 59.7. The van der Waals surface area contributed by atoms with Crippen molar-refractivity contribution in [3.63, 3.8) is 0 Å². The van der Waals surface area contributed by atoms with E-state index >= 15 is 0 Å². The molecule has 1 amide bonds. The molecular formula is C64H127NO3. The first-order valence-corrected chi connectivity index (χ1v) is 31.9.